The maximum Gasteiger partial charge on any atom is 0.321 e. The van der Waals surface area contributed by atoms with Crippen LogP contribution in [0, 0.1) is 5.82 Å². The second kappa shape index (κ2) is 8.31. The first kappa shape index (κ1) is 18.4. The predicted octanol–water partition coefficient (Wildman–Crippen LogP) is 2.48. The average molecular weight is 377 g/mol. The molecular weight excluding hydrogens is 357 g/mol. The fourth-order valence-corrected chi connectivity index (χ4v) is 3.61. The van der Waals surface area contributed by atoms with Gasteiger partial charge in [0.25, 0.3) is 0 Å². The Balaban J connectivity index is 1.54. The highest BCUT2D eigenvalue weighted by atomic mass is 32.2. The summed E-state index contributed by atoms with van der Waals surface area (Å²) >= 11 is 1.14. The number of benzene rings is 1. The minimum absolute atomic E-state index is 0.0152. The van der Waals surface area contributed by atoms with Crippen molar-refractivity contribution in [3.63, 3.8) is 0 Å². The van der Waals surface area contributed by atoms with Crippen molar-refractivity contribution in [1.82, 2.24) is 25.4 Å². The number of hydrogen-bond acceptors (Lipinski definition) is 5. The standard InChI is InChI=1S/C17H20FN5O2S/c1-23-15(12-8-4-5-9-13(12)18)21-22-17(23)26-10-14(24)20-16(25)19-11-6-2-3-7-11/h4-5,8-9,11H,2-3,6-7,10H2,1H3,(H2,19,20,24,25). The first-order valence-electron chi connectivity index (χ1n) is 8.42. The van der Waals surface area contributed by atoms with Gasteiger partial charge < -0.3 is 9.88 Å². The van der Waals surface area contributed by atoms with Crippen molar-refractivity contribution in [2.24, 2.45) is 7.05 Å². The van der Waals surface area contributed by atoms with Crippen LogP contribution < -0.4 is 10.6 Å². The van der Waals surface area contributed by atoms with Crippen LogP contribution in [0.3, 0.4) is 0 Å². The van der Waals surface area contributed by atoms with Crippen molar-refractivity contribution in [2.75, 3.05) is 5.75 Å². The fourth-order valence-electron chi connectivity index (χ4n) is 2.90. The van der Waals surface area contributed by atoms with Crippen molar-refractivity contribution >= 4 is 23.7 Å². The lowest BCUT2D eigenvalue weighted by atomic mass is 10.2. The van der Waals surface area contributed by atoms with E-state index >= 15 is 0 Å². The number of rotatable bonds is 5. The number of halogens is 1. The van der Waals surface area contributed by atoms with Crippen molar-refractivity contribution in [1.29, 1.82) is 0 Å². The van der Waals surface area contributed by atoms with E-state index in [0.717, 1.165) is 37.4 Å². The largest absolute Gasteiger partial charge is 0.335 e. The topological polar surface area (TPSA) is 88.9 Å². The van der Waals surface area contributed by atoms with E-state index in [4.69, 9.17) is 0 Å². The molecule has 7 nitrogen and oxygen atoms in total. The van der Waals surface area contributed by atoms with Gasteiger partial charge in [-0.2, -0.15) is 0 Å². The number of thioether (sulfide) groups is 1. The van der Waals surface area contributed by atoms with Crippen LogP contribution in [0.25, 0.3) is 11.4 Å². The number of nitrogens with one attached hydrogen (secondary N) is 2. The van der Waals surface area contributed by atoms with Gasteiger partial charge >= 0.3 is 6.03 Å². The van der Waals surface area contributed by atoms with Crippen molar-refractivity contribution in [3.05, 3.63) is 30.1 Å². The highest BCUT2D eigenvalue weighted by molar-refractivity contribution is 7.99. The highest BCUT2D eigenvalue weighted by Gasteiger charge is 2.19. The zero-order chi connectivity index (χ0) is 18.5. The molecule has 0 saturated heterocycles. The minimum atomic E-state index is -0.465. The quantitative estimate of drug-likeness (QED) is 0.782. The van der Waals surface area contributed by atoms with Crippen LogP contribution in [0.1, 0.15) is 25.7 Å². The zero-order valence-corrected chi connectivity index (χ0v) is 15.2. The molecule has 1 saturated carbocycles. The van der Waals surface area contributed by atoms with Gasteiger partial charge in [-0.05, 0) is 25.0 Å². The Hall–Kier alpha value is -2.42. The van der Waals surface area contributed by atoms with Gasteiger partial charge in [0.1, 0.15) is 5.82 Å². The van der Waals surface area contributed by atoms with Crippen LogP contribution in [0.15, 0.2) is 29.4 Å². The predicted molar refractivity (Wildman–Crippen MR) is 96.1 cm³/mol. The third kappa shape index (κ3) is 4.40. The Bertz CT molecular complexity index is 804. The van der Waals surface area contributed by atoms with E-state index in [1.54, 1.807) is 29.8 Å². The molecule has 1 fully saturated rings. The van der Waals surface area contributed by atoms with Gasteiger partial charge in [0.05, 0.1) is 11.3 Å². The summed E-state index contributed by atoms with van der Waals surface area (Å²) in [6.07, 6.45) is 4.11. The molecule has 1 aromatic heterocycles. The Morgan fingerprint density at radius 3 is 2.73 bits per heavy atom. The number of imide groups is 1. The van der Waals surface area contributed by atoms with Gasteiger partial charge in [0.15, 0.2) is 11.0 Å². The molecule has 0 unspecified atom stereocenters. The average Bonchev–Trinajstić information content (AvgIpc) is 3.23. The van der Waals surface area contributed by atoms with Crippen LogP contribution in [0.4, 0.5) is 9.18 Å². The van der Waals surface area contributed by atoms with Gasteiger partial charge in [0.2, 0.25) is 5.91 Å². The number of urea groups is 1. The molecule has 0 bridgehead atoms. The molecule has 26 heavy (non-hydrogen) atoms. The van der Waals surface area contributed by atoms with Gasteiger partial charge in [-0.3, -0.25) is 10.1 Å². The monoisotopic (exact) mass is 377 g/mol. The van der Waals surface area contributed by atoms with Crippen LogP contribution in [0.2, 0.25) is 0 Å². The molecular formula is C17H20FN5O2S. The van der Waals surface area contributed by atoms with E-state index in [-0.39, 0.29) is 17.6 Å². The number of hydrogen-bond donors (Lipinski definition) is 2. The SMILES string of the molecule is Cn1c(SCC(=O)NC(=O)NC2CCCC2)nnc1-c1ccccc1F. The Morgan fingerprint density at radius 1 is 1.27 bits per heavy atom. The lowest BCUT2D eigenvalue weighted by Gasteiger charge is -2.12. The Morgan fingerprint density at radius 2 is 2.00 bits per heavy atom. The molecule has 1 aliphatic carbocycles. The van der Waals surface area contributed by atoms with Crippen LogP contribution in [-0.4, -0.2) is 38.5 Å². The summed E-state index contributed by atoms with van der Waals surface area (Å²) in [4.78, 5) is 23.7. The lowest BCUT2D eigenvalue weighted by Crippen LogP contribution is -2.44. The smallest absolute Gasteiger partial charge is 0.321 e. The molecule has 0 radical (unpaired) electrons. The number of amides is 3. The summed E-state index contributed by atoms with van der Waals surface area (Å²) < 4.78 is 15.5. The fraction of sp³-hybridized carbons (Fsp3) is 0.412. The molecule has 9 heteroatoms. The maximum atomic E-state index is 13.9. The van der Waals surface area contributed by atoms with Crippen LogP contribution in [0.5, 0.6) is 0 Å². The Kier molecular flexibility index (Phi) is 5.87. The summed E-state index contributed by atoms with van der Waals surface area (Å²) in [5.74, 6) is -0.409. The van der Waals surface area contributed by atoms with Crippen molar-refractivity contribution < 1.29 is 14.0 Å². The molecule has 1 heterocycles. The Labute approximate surface area is 154 Å². The lowest BCUT2D eigenvalue weighted by molar-refractivity contribution is -0.117. The number of aromatic nitrogens is 3. The van der Waals surface area contributed by atoms with Crippen LogP contribution in [-0.2, 0) is 11.8 Å². The third-order valence-corrected chi connectivity index (χ3v) is 5.25. The van der Waals surface area contributed by atoms with E-state index in [1.807, 2.05) is 0 Å². The van der Waals surface area contributed by atoms with Crippen molar-refractivity contribution in [2.45, 2.75) is 36.9 Å². The molecule has 0 atom stereocenters. The van der Waals surface area contributed by atoms with Gasteiger partial charge in [0, 0.05) is 13.1 Å². The third-order valence-electron chi connectivity index (χ3n) is 4.23. The first-order chi connectivity index (χ1) is 12.5. The van der Waals surface area contributed by atoms with E-state index < -0.39 is 11.9 Å². The van der Waals surface area contributed by atoms with Gasteiger partial charge in [-0.15, -0.1) is 10.2 Å². The molecule has 2 aromatic rings. The second-order valence-corrected chi connectivity index (χ2v) is 7.08. The van der Waals surface area contributed by atoms with Gasteiger partial charge in [-0.25, -0.2) is 9.18 Å². The molecule has 3 rings (SSSR count). The summed E-state index contributed by atoms with van der Waals surface area (Å²) in [6.45, 7) is 0. The van der Waals surface area contributed by atoms with Crippen LogP contribution >= 0.6 is 11.8 Å². The van der Waals surface area contributed by atoms with E-state index in [2.05, 4.69) is 20.8 Å². The minimum Gasteiger partial charge on any atom is -0.335 e. The molecule has 3 amide bonds. The number of carbonyl (C=O) groups is 2. The van der Waals surface area contributed by atoms with E-state index in [0.29, 0.717) is 16.5 Å². The maximum absolute atomic E-state index is 13.9. The number of nitrogens with zero attached hydrogens (tertiary/aromatic N) is 3. The molecule has 0 aliphatic heterocycles. The summed E-state index contributed by atoms with van der Waals surface area (Å²) in [5, 5.41) is 13.6. The van der Waals surface area contributed by atoms with Gasteiger partial charge in [-0.1, -0.05) is 36.7 Å². The van der Waals surface area contributed by atoms with Crippen molar-refractivity contribution in [3.8, 4) is 11.4 Å². The first-order valence-corrected chi connectivity index (χ1v) is 9.40. The zero-order valence-electron chi connectivity index (χ0n) is 14.4. The summed E-state index contributed by atoms with van der Waals surface area (Å²) in [6, 6.07) is 5.98. The molecule has 1 aliphatic rings. The molecule has 2 N–H and O–H groups in total. The normalized spacial score (nSPS) is 14.4. The molecule has 0 spiro atoms. The number of carbonyl (C=O) groups excluding carboxylic acids is 2. The summed E-state index contributed by atoms with van der Waals surface area (Å²) in [7, 11) is 1.70. The van der Waals surface area contributed by atoms with E-state index in [1.165, 1.54) is 6.07 Å². The summed E-state index contributed by atoms with van der Waals surface area (Å²) in [5.41, 5.74) is 0.342. The second-order valence-electron chi connectivity index (χ2n) is 6.14. The molecule has 1 aromatic carbocycles. The molecule has 138 valence electrons. The van der Waals surface area contributed by atoms with E-state index in [9.17, 15) is 14.0 Å². The highest BCUT2D eigenvalue weighted by Crippen LogP contribution is 2.24.